The zero-order valence-electron chi connectivity index (χ0n) is 19.1. The van der Waals surface area contributed by atoms with Crippen LogP contribution in [0.25, 0.3) is 0 Å². The zero-order valence-corrected chi connectivity index (χ0v) is 19.1. The number of esters is 3. The summed E-state index contributed by atoms with van der Waals surface area (Å²) in [5.74, 6) is -5.52. The number of nitriles is 1. The van der Waals surface area contributed by atoms with Crippen LogP contribution in [0.4, 0.5) is 0 Å². The second-order valence-corrected chi connectivity index (χ2v) is 7.09. The minimum absolute atomic E-state index is 0.00515. The molecular formula is C24H31NO7. The number of ether oxygens (including phenoxy) is 3. The van der Waals surface area contributed by atoms with E-state index in [1.165, 1.54) is 0 Å². The van der Waals surface area contributed by atoms with Crippen molar-refractivity contribution in [1.29, 1.82) is 5.26 Å². The molecule has 0 fully saturated rings. The molecule has 0 aliphatic rings. The van der Waals surface area contributed by atoms with E-state index in [0.717, 1.165) is 0 Å². The first kappa shape index (κ1) is 26.8. The summed E-state index contributed by atoms with van der Waals surface area (Å²) in [7, 11) is 0. The zero-order chi connectivity index (χ0) is 24.1. The topological polar surface area (TPSA) is 120 Å². The van der Waals surface area contributed by atoms with Gasteiger partial charge in [0.25, 0.3) is 0 Å². The van der Waals surface area contributed by atoms with E-state index in [1.807, 2.05) is 6.07 Å². The van der Waals surface area contributed by atoms with Gasteiger partial charge in [0.05, 0.1) is 25.9 Å². The van der Waals surface area contributed by atoms with Crippen LogP contribution >= 0.6 is 0 Å². The Balaban J connectivity index is 3.44. The highest BCUT2D eigenvalue weighted by atomic mass is 16.6. The fraction of sp³-hybridized carbons (Fsp3) is 0.542. The minimum Gasteiger partial charge on any atom is -0.465 e. The standard InChI is InChI=1S/C24H31NO7/c1-5-18(20(21(27)30-6-2)22(28)31-7-3)24(16-25,23(29)32-8-4)15-14-19(26)17-12-10-9-11-13-17/h9-13,18,20H,5-8,14-15H2,1-4H3/t18-,24-/m1/s1. The van der Waals surface area contributed by atoms with Crippen LogP contribution in [0.5, 0.6) is 0 Å². The molecule has 0 amide bonds. The van der Waals surface area contributed by atoms with Gasteiger partial charge < -0.3 is 14.2 Å². The maximum Gasteiger partial charge on any atom is 0.326 e. The third-order valence-electron chi connectivity index (χ3n) is 5.24. The summed E-state index contributed by atoms with van der Waals surface area (Å²) in [6, 6.07) is 10.5. The van der Waals surface area contributed by atoms with E-state index in [2.05, 4.69) is 0 Å². The summed E-state index contributed by atoms with van der Waals surface area (Å²) in [6.45, 7) is 6.43. The number of hydrogen-bond donors (Lipinski definition) is 0. The van der Waals surface area contributed by atoms with Crippen molar-refractivity contribution in [3.63, 3.8) is 0 Å². The van der Waals surface area contributed by atoms with Gasteiger partial charge in [-0.1, -0.05) is 37.3 Å². The summed E-state index contributed by atoms with van der Waals surface area (Å²) in [6.07, 6.45) is -0.261. The number of carbonyl (C=O) groups excluding carboxylic acids is 4. The molecule has 0 aliphatic heterocycles. The fourth-order valence-electron chi connectivity index (χ4n) is 3.72. The van der Waals surface area contributed by atoms with Gasteiger partial charge in [0.1, 0.15) is 0 Å². The maximum atomic E-state index is 13.1. The molecule has 0 spiro atoms. The number of nitrogens with zero attached hydrogens (tertiary/aromatic N) is 1. The molecular weight excluding hydrogens is 414 g/mol. The van der Waals surface area contributed by atoms with Crippen LogP contribution in [0.3, 0.4) is 0 Å². The second-order valence-electron chi connectivity index (χ2n) is 7.09. The van der Waals surface area contributed by atoms with E-state index < -0.39 is 35.2 Å². The molecule has 0 unspecified atom stereocenters. The molecule has 0 N–H and O–H groups in total. The van der Waals surface area contributed by atoms with Crippen molar-refractivity contribution in [3.05, 3.63) is 35.9 Å². The molecule has 0 saturated heterocycles. The van der Waals surface area contributed by atoms with E-state index in [1.54, 1.807) is 58.0 Å². The Morgan fingerprint density at radius 1 is 0.906 bits per heavy atom. The van der Waals surface area contributed by atoms with Crippen LogP contribution < -0.4 is 0 Å². The van der Waals surface area contributed by atoms with Crippen LogP contribution in [-0.4, -0.2) is 43.5 Å². The molecule has 0 heterocycles. The number of rotatable bonds is 13. The first-order valence-corrected chi connectivity index (χ1v) is 10.8. The summed E-state index contributed by atoms with van der Waals surface area (Å²) < 4.78 is 15.3. The molecule has 0 saturated carbocycles. The average molecular weight is 446 g/mol. The number of hydrogen-bond acceptors (Lipinski definition) is 8. The normalized spacial score (nSPS) is 13.4. The monoisotopic (exact) mass is 445 g/mol. The lowest BCUT2D eigenvalue weighted by Crippen LogP contribution is -2.48. The summed E-state index contributed by atoms with van der Waals surface area (Å²) in [5.41, 5.74) is -1.48. The Kier molecular flexibility index (Phi) is 11.1. The predicted octanol–water partition coefficient (Wildman–Crippen LogP) is 3.49. The quantitative estimate of drug-likeness (QED) is 0.196. The molecule has 0 radical (unpaired) electrons. The molecule has 1 aromatic carbocycles. The molecule has 0 aromatic heterocycles. The Bertz CT molecular complexity index is 812. The number of Topliss-reactive ketones (excluding diaryl/α,β-unsaturated/α-hetero) is 1. The van der Waals surface area contributed by atoms with Gasteiger partial charge in [-0.2, -0.15) is 5.26 Å². The smallest absolute Gasteiger partial charge is 0.326 e. The maximum absolute atomic E-state index is 13.1. The van der Waals surface area contributed by atoms with Crippen molar-refractivity contribution in [2.45, 2.75) is 47.0 Å². The van der Waals surface area contributed by atoms with E-state index in [-0.39, 0.29) is 44.9 Å². The molecule has 8 nitrogen and oxygen atoms in total. The van der Waals surface area contributed by atoms with Gasteiger partial charge in [0, 0.05) is 17.9 Å². The van der Waals surface area contributed by atoms with Crippen LogP contribution in [0.2, 0.25) is 0 Å². The van der Waals surface area contributed by atoms with Crippen LogP contribution in [0.1, 0.15) is 57.3 Å². The Hall–Kier alpha value is -3.21. The largest absolute Gasteiger partial charge is 0.465 e. The van der Waals surface area contributed by atoms with Crippen molar-refractivity contribution in [3.8, 4) is 6.07 Å². The fourth-order valence-corrected chi connectivity index (χ4v) is 3.72. The van der Waals surface area contributed by atoms with Crippen molar-refractivity contribution >= 4 is 23.7 Å². The molecule has 1 aromatic rings. The third-order valence-corrected chi connectivity index (χ3v) is 5.24. The highest BCUT2D eigenvalue weighted by Crippen LogP contribution is 2.42. The highest BCUT2D eigenvalue weighted by Gasteiger charge is 2.54. The number of benzene rings is 1. The summed E-state index contributed by atoms with van der Waals surface area (Å²) in [5, 5.41) is 10.2. The first-order chi connectivity index (χ1) is 15.3. The third kappa shape index (κ3) is 6.39. The Morgan fingerprint density at radius 2 is 1.44 bits per heavy atom. The number of ketones is 1. The van der Waals surface area contributed by atoms with Gasteiger partial charge in [-0.3, -0.25) is 19.2 Å². The van der Waals surface area contributed by atoms with Crippen LogP contribution in [-0.2, 0) is 28.6 Å². The molecule has 8 heteroatoms. The molecule has 2 atom stereocenters. The van der Waals surface area contributed by atoms with Gasteiger partial charge in [0.15, 0.2) is 17.1 Å². The van der Waals surface area contributed by atoms with E-state index in [0.29, 0.717) is 5.56 Å². The summed E-state index contributed by atoms with van der Waals surface area (Å²) >= 11 is 0. The lowest BCUT2D eigenvalue weighted by Gasteiger charge is -2.35. The SMILES string of the molecule is CCOC(=O)C(C(=O)OCC)[C@@H](CC)[C@](C#N)(CCC(=O)c1ccccc1)C(=O)OCC. The van der Waals surface area contributed by atoms with E-state index >= 15 is 0 Å². The Morgan fingerprint density at radius 3 is 1.88 bits per heavy atom. The lowest BCUT2D eigenvalue weighted by atomic mass is 9.66. The summed E-state index contributed by atoms with van der Waals surface area (Å²) in [4.78, 5) is 51.2. The van der Waals surface area contributed by atoms with Crippen molar-refractivity contribution in [2.24, 2.45) is 17.3 Å². The van der Waals surface area contributed by atoms with Crippen molar-refractivity contribution in [1.82, 2.24) is 0 Å². The van der Waals surface area contributed by atoms with Gasteiger partial charge >= 0.3 is 17.9 Å². The average Bonchev–Trinajstić information content (AvgIpc) is 2.79. The molecule has 0 aliphatic carbocycles. The van der Waals surface area contributed by atoms with Gasteiger partial charge in [-0.15, -0.1) is 0 Å². The minimum atomic E-state index is -1.92. The van der Waals surface area contributed by atoms with E-state index in [4.69, 9.17) is 14.2 Å². The predicted molar refractivity (Wildman–Crippen MR) is 115 cm³/mol. The second kappa shape index (κ2) is 13.3. The van der Waals surface area contributed by atoms with E-state index in [9.17, 15) is 24.4 Å². The lowest BCUT2D eigenvalue weighted by molar-refractivity contribution is -0.170. The van der Waals surface area contributed by atoms with Gasteiger partial charge in [0.2, 0.25) is 0 Å². The van der Waals surface area contributed by atoms with Crippen LogP contribution in [0.15, 0.2) is 30.3 Å². The van der Waals surface area contributed by atoms with Gasteiger partial charge in [-0.05, 0) is 33.6 Å². The molecule has 174 valence electrons. The van der Waals surface area contributed by atoms with Crippen LogP contribution in [0, 0.1) is 28.6 Å². The molecule has 1 rings (SSSR count). The Labute approximate surface area is 188 Å². The first-order valence-electron chi connectivity index (χ1n) is 10.8. The number of carbonyl (C=O) groups is 4. The van der Waals surface area contributed by atoms with Gasteiger partial charge in [-0.25, -0.2) is 0 Å². The molecule has 32 heavy (non-hydrogen) atoms. The van der Waals surface area contributed by atoms with Crippen molar-refractivity contribution in [2.75, 3.05) is 19.8 Å². The van der Waals surface area contributed by atoms with Crippen molar-refractivity contribution < 1.29 is 33.4 Å². The molecule has 0 bridgehead atoms. The highest BCUT2D eigenvalue weighted by molar-refractivity contribution is 5.98.